The van der Waals surface area contributed by atoms with Gasteiger partial charge in [-0.25, -0.2) is 13.2 Å². The Bertz CT molecular complexity index is 1050. The van der Waals surface area contributed by atoms with E-state index < -0.39 is 16.0 Å². The second-order valence-electron chi connectivity index (χ2n) is 6.57. The third kappa shape index (κ3) is 3.87. The van der Waals surface area contributed by atoms with E-state index in [-0.39, 0.29) is 0 Å². The molecule has 1 saturated heterocycles. The van der Waals surface area contributed by atoms with Crippen LogP contribution in [0.15, 0.2) is 53.2 Å². The molecule has 2 aromatic rings. The highest BCUT2D eigenvalue weighted by Gasteiger charge is 2.27. The fourth-order valence-corrected chi connectivity index (χ4v) is 5.01. The van der Waals surface area contributed by atoms with Crippen molar-refractivity contribution < 1.29 is 18.0 Å². The first-order valence-electron chi connectivity index (χ1n) is 8.78. The van der Waals surface area contributed by atoms with Gasteiger partial charge in [0.25, 0.3) is 0 Å². The van der Waals surface area contributed by atoms with Crippen molar-refractivity contribution >= 4 is 44.1 Å². The van der Waals surface area contributed by atoms with Gasteiger partial charge in [-0.15, -0.1) is 11.3 Å². The standard InChI is InChI=1S/C19H19N3O4S2/c1-28(24,25)22-11-9-21(10-12-22)17-8-7-15(27-17)13-16-18(20-26-19(16)23)14-5-3-2-4-6-14/h2-8,13H,9-12H2,1H3. The van der Waals surface area contributed by atoms with Crippen LogP contribution in [0.5, 0.6) is 0 Å². The summed E-state index contributed by atoms with van der Waals surface area (Å²) in [4.78, 5) is 20.1. The molecule has 0 atom stereocenters. The second kappa shape index (κ2) is 7.50. The van der Waals surface area contributed by atoms with Crippen LogP contribution in [-0.2, 0) is 19.7 Å². The predicted molar refractivity (Wildman–Crippen MR) is 110 cm³/mol. The highest BCUT2D eigenvalue weighted by Crippen LogP contribution is 2.30. The van der Waals surface area contributed by atoms with Gasteiger partial charge in [0.1, 0.15) is 5.71 Å². The summed E-state index contributed by atoms with van der Waals surface area (Å²) in [5.41, 5.74) is 1.79. The van der Waals surface area contributed by atoms with Crippen LogP contribution in [0.4, 0.5) is 5.00 Å². The number of anilines is 1. The molecule has 1 aromatic heterocycles. The van der Waals surface area contributed by atoms with Crippen molar-refractivity contribution in [2.75, 3.05) is 37.3 Å². The summed E-state index contributed by atoms with van der Waals surface area (Å²) in [5.74, 6) is -0.462. The Morgan fingerprint density at radius 1 is 1.07 bits per heavy atom. The number of nitrogens with zero attached hydrogens (tertiary/aromatic N) is 3. The van der Waals surface area contributed by atoms with E-state index in [1.165, 1.54) is 10.6 Å². The fraction of sp³-hybridized carbons (Fsp3) is 0.263. The maximum Gasteiger partial charge on any atom is 0.368 e. The van der Waals surface area contributed by atoms with Crippen LogP contribution in [0.3, 0.4) is 0 Å². The lowest BCUT2D eigenvalue weighted by atomic mass is 10.0. The van der Waals surface area contributed by atoms with E-state index in [0.717, 1.165) is 15.4 Å². The largest absolute Gasteiger partial charge is 0.368 e. The molecule has 4 rings (SSSR count). The third-order valence-electron chi connectivity index (χ3n) is 4.66. The number of carbonyl (C=O) groups excluding carboxylic acids is 1. The van der Waals surface area contributed by atoms with E-state index in [1.54, 1.807) is 17.4 Å². The maximum absolute atomic E-state index is 12.1. The molecule has 0 aliphatic carbocycles. The Labute approximate surface area is 167 Å². The molecule has 0 bridgehead atoms. The molecule has 2 aliphatic heterocycles. The summed E-state index contributed by atoms with van der Waals surface area (Å²) < 4.78 is 24.8. The molecule has 3 heterocycles. The first-order valence-corrected chi connectivity index (χ1v) is 11.4. The van der Waals surface area contributed by atoms with Gasteiger partial charge in [-0.3, -0.25) is 0 Å². The lowest BCUT2D eigenvalue weighted by Gasteiger charge is -2.33. The summed E-state index contributed by atoms with van der Waals surface area (Å²) >= 11 is 1.55. The first kappa shape index (κ1) is 18.9. The van der Waals surface area contributed by atoms with Crippen LogP contribution < -0.4 is 4.90 Å². The summed E-state index contributed by atoms with van der Waals surface area (Å²) in [6.07, 6.45) is 3.03. The molecular formula is C19H19N3O4S2. The molecule has 1 fully saturated rings. The molecule has 9 heteroatoms. The minimum absolute atomic E-state index is 0.432. The Hall–Kier alpha value is -2.49. The van der Waals surface area contributed by atoms with Crippen molar-refractivity contribution in [1.82, 2.24) is 4.31 Å². The van der Waals surface area contributed by atoms with E-state index in [2.05, 4.69) is 10.1 Å². The number of hydrogen-bond acceptors (Lipinski definition) is 7. The lowest BCUT2D eigenvalue weighted by Crippen LogP contribution is -2.48. The molecule has 0 radical (unpaired) electrons. The molecule has 0 saturated carbocycles. The zero-order chi connectivity index (χ0) is 19.7. The monoisotopic (exact) mass is 417 g/mol. The van der Waals surface area contributed by atoms with Gasteiger partial charge in [0.05, 0.1) is 16.8 Å². The van der Waals surface area contributed by atoms with Crippen molar-refractivity contribution in [3.63, 3.8) is 0 Å². The van der Waals surface area contributed by atoms with Crippen LogP contribution >= 0.6 is 11.3 Å². The van der Waals surface area contributed by atoms with Gasteiger partial charge in [-0.1, -0.05) is 35.5 Å². The third-order valence-corrected chi connectivity index (χ3v) is 7.06. The first-order chi connectivity index (χ1) is 13.4. The predicted octanol–water partition coefficient (Wildman–Crippen LogP) is 2.17. The quantitative estimate of drug-likeness (QED) is 0.563. The SMILES string of the molecule is CS(=O)(=O)N1CCN(c2ccc(C=C3C(=O)ON=C3c3ccccc3)s2)CC1. The van der Waals surface area contributed by atoms with Crippen LogP contribution in [0.1, 0.15) is 10.4 Å². The molecule has 1 aromatic carbocycles. The van der Waals surface area contributed by atoms with E-state index in [9.17, 15) is 13.2 Å². The Morgan fingerprint density at radius 2 is 1.79 bits per heavy atom. The normalized spacial score (nSPS) is 19.8. The average Bonchev–Trinajstić information content (AvgIpc) is 3.30. The molecule has 28 heavy (non-hydrogen) atoms. The van der Waals surface area contributed by atoms with Crippen molar-refractivity contribution in [3.05, 3.63) is 58.5 Å². The van der Waals surface area contributed by atoms with Gasteiger partial charge >= 0.3 is 5.97 Å². The van der Waals surface area contributed by atoms with Crippen molar-refractivity contribution in [1.29, 1.82) is 0 Å². The maximum atomic E-state index is 12.1. The van der Waals surface area contributed by atoms with E-state index >= 15 is 0 Å². The van der Waals surface area contributed by atoms with Crippen molar-refractivity contribution in [2.45, 2.75) is 0 Å². The summed E-state index contributed by atoms with van der Waals surface area (Å²) in [6, 6.07) is 13.4. The Kier molecular flexibility index (Phi) is 5.05. The fourth-order valence-electron chi connectivity index (χ4n) is 3.19. The van der Waals surface area contributed by atoms with E-state index in [4.69, 9.17) is 4.84 Å². The van der Waals surface area contributed by atoms with Gasteiger partial charge < -0.3 is 9.74 Å². The number of oxime groups is 1. The highest BCUT2D eigenvalue weighted by atomic mass is 32.2. The minimum Gasteiger partial charge on any atom is -0.361 e. The number of rotatable bonds is 4. The number of piperazine rings is 1. The smallest absolute Gasteiger partial charge is 0.361 e. The summed E-state index contributed by atoms with van der Waals surface area (Å²) in [7, 11) is -3.14. The number of thiophene rings is 1. The second-order valence-corrected chi connectivity index (χ2v) is 9.64. The molecule has 7 nitrogen and oxygen atoms in total. The zero-order valence-corrected chi connectivity index (χ0v) is 16.9. The number of benzene rings is 1. The van der Waals surface area contributed by atoms with Crippen LogP contribution in [0, 0.1) is 0 Å². The Balaban J connectivity index is 1.52. The van der Waals surface area contributed by atoms with Crippen LogP contribution in [0.25, 0.3) is 6.08 Å². The van der Waals surface area contributed by atoms with Gasteiger partial charge in [0, 0.05) is 36.6 Å². The zero-order valence-electron chi connectivity index (χ0n) is 15.2. The lowest BCUT2D eigenvalue weighted by molar-refractivity contribution is -0.136. The van der Waals surface area contributed by atoms with Crippen molar-refractivity contribution in [3.8, 4) is 0 Å². The number of carbonyl (C=O) groups is 1. The molecule has 0 amide bonds. The topological polar surface area (TPSA) is 79.3 Å². The van der Waals surface area contributed by atoms with Gasteiger partial charge in [-0.05, 0) is 18.2 Å². The van der Waals surface area contributed by atoms with Crippen molar-refractivity contribution in [2.24, 2.45) is 5.16 Å². The molecule has 0 spiro atoms. The molecule has 146 valence electrons. The van der Waals surface area contributed by atoms with Crippen LogP contribution in [-0.4, -0.2) is 56.8 Å². The number of sulfonamides is 1. The van der Waals surface area contributed by atoms with E-state index in [1.807, 2.05) is 42.5 Å². The molecular weight excluding hydrogens is 398 g/mol. The van der Waals surface area contributed by atoms with E-state index in [0.29, 0.717) is 37.5 Å². The van der Waals surface area contributed by atoms with Gasteiger partial charge in [0.2, 0.25) is 10.0 Å². The molecule has 2 aliphatic rings. The van der Waals surface area contributed by atoms with Crippen LogP contribution in [0.2, 0.25) is 0 Å². The molecule has 0 N–H and O–H groups in total. The molecule has 0 unspecified atom stereocenters. The summed E-state index contributed by atoms with van der Waals surface area (Å²) in [6.45, 7) is 2.24. The number of hydrogen-bond donors (Lipinski definition) is 0. The highest BCUT2D eigenvalue weighted by molar-refractivity contribution is 7.88. The average molecular weight is 418 g/mol. The minimum atomic E-state index is -3.14. The summed E-state index contributed by atoms with van der Waals surface area (Å²) in [5, 5.41) is 4.97. The Morgan fingerprint density at radius 3 is 2.46 bits per heavy atom. The van der Waals surface area contributed by atoms with Gasteiger partial charge in [-0.2, -0.15) is 4.31 Å². The van der Waals surface area contributed by atoms with Gasteiger partial charge in [0.15, 0.2) is 0 Å².